The average molecular weight is 465 g/mol. The summed E-state index contributed by atoms with van der Waals surface area (Å²) < 4.78 is 4.90. The van der Waals surface area contributed by atoms with E-state index in [0.717, 1.165) is 25.7 Å². The number of carbonyl (C=O) groups is 2. The lowest BCUT2D eigenvalue weighted by Gasteiger charge is -2.11. The zero-order valence-corrected chi connectivity index (χ0v) is 21.5. The van der Waals surface area contributed by atoms with Gasteiger partial charge in [-0.05, 0) is 25.7 Å². The lowest BCUT2D eigenvalue weighted by atomic mass is 9.97. The summed E-state index contributed by atoms with van der Waals surface area (Å²) in [6.45, 7) is 5.82. The van der Waals surface area contributed by atoms with Crippen molar-refractivity contribution in [3.63, 3.8) is 0 Å². The highest BCUT2D eigenvalue weighted by atomic mass is 16.5. The van der Waals surface area contributed by atoms with Gasteiger partial charge in [-0.1, -0.05) is 128 Å². The monoisotopic (exact) mass is 464 g/mol. The van der Waals surface area contributed by atoms with Crippen LogP contribution in [0.25, 0.3) is 0 Å². The Morgan fingerprint density at radius 2 is 1.21 bits per heavy atom. The Morgan fingerprint density at radius 1 is 0.758 bits per heavy atom. The summed E-state index contributed by atoms with van der Waals surface area (Å²) in [5.41, 5.74) is 0. The highest BCUT2D eigenvalue weighted by Gasteiger charge is 2.21. The Hall–Kier alpha value is -1.58. The number of allylic oxidation sites excluding steroid dienone is 2. The van der Waals surface area contributed by atoms with E-state index in [1.165, 1.54) is 96.0 Å². The van der Waals surface area contributed by atoms with Gasteiger partial charge in [0.05, 0.1) is 12.3 Å². The van der Waals surface area contributed by atoms with Gasteiger partial charge in [-0.3, -0.25) is 9.59 Å². The van der Waals surface area contributed by atoms with E-state index in [4.69, 9.17) is 4.74 Å². The van der Waals surface area contributed by atoms with Crippen LogP contribution < -0.4 is 0 Å². The summed E-state index contributed by atoms with van der Waals surface area (Å²) in [4.78, 5) is 22.9. The fraction of sp³-hybridized carbons (Fsp3) is 0.793. The molecule has 0 aromatic carbocycles. The molecule has 0 aromatic rings. The third kappa shape index (κ3) is 23.4. The molecule has 1 unspecified atom stereocenters. The van der Waals surface area contributed by atoms with E-state index in [2.05, 4.69) is 25.7 Å². The molecule has 4 heteroatoms. The van der Waals surface area contributed by atoms with Gasteiger partial charge in [0.15, 0.2) is 0 Å². The SMILES string of the molecule is C=CCOC(=O)CC(CCCCCCCCCCCCCCCCCC/C=C/CC)C(=O)O. The third-order valence-electron chi connectivity index (χ3n) is 6.20. The van der Waals surface area contributed by atoms with Crippen LogP contribution in [-0.2, 0) is 14.3 Å². The summed E-state index contributed by atoms with van der Waals surface area (Å²) in [6.07, 6.45) is 29.8. The minimum absolute atomic E-state index is 0.0416. The molecule has 0 amide bonds. The molecule has 0 bridgehead atoms. The Kier molecular flexibility index (Phi) is 23.9. The standard InChI is InChI=1S/C29H52O4/c1-3-5-6-7-8-9-10-11-12-13-14-15-16-17-18-19-20-21-22-23-24-27(29(31)32)26-28(30)33-25-4-2/h4-6,27H,2-3,7-26H2,1H3,(H,31,32)/b6-5+. The largest absolute Gasteiger partial charge is 0.481 e. The van der Waals surface area contributed by atoms with Crippen molar-refractivity contribution in [3.05, 3.63) is 24.8 Å². The number of carboxylic acids is 1. The number of ether oxygens (including phenoxy) is 1. The summed E-state index contributed by atoms with van der Waals surface area (Å²) in [6, 6.07) is 0. The predicted molar refractivity (Wildman–Crippen MR) is 139 cm³/mol. The van der Waals surface area contributed by atoms with Crippen LogP contribution in [0.2, 0.25) is 0 Å². The highest BCUT2D eigenvalue weighted by Crippen LogP contribution is 2.18. The second-order valence-electron chi connectivity index (χ2n) is 9.32. The zero-order chi connectivity index (χ0) is 24.4. The summed E-state index contributed by atoms with van der Waals surface area (Å²) in [7, 11) is 0. The number of carbonyl (C=O) groups excluding carboxylic acids is 1. The summed E-state index contributed by atoms with van der Waals surface area (Å²) in [5.74, 6) is -1.98. The number of rotatable bonds is 25. The van der Waals surface area contributed by atoms with E-state index in [0.29, 0.717) is 6.42 Å². The maximum atomic E-state index is 11.6. The van der Waals surface area contributed by atoms with Crippen molar-refractivity contribution in [2.24, 2.45) is 5.92 Å². The first-order valence-corrected chi connectivity index (χ1v) is 13.8. The van der Waals surface area contributed by atoms with Crippen LogP contribution in [0, 0.1) is 5.92 Å². The van der Waals surface area contributed by atoms with Crippen LogP contribution in [0.5, 0.6) is 0 Å². The smallest absolute Gasteiger partial charge is 0.307 e. The van der Waals surface area contributed by atoms with Gasteiger partial charge >= 0.3 is 11.9 Å². The second kappa shape index (κ2) is 25.1. The summed E-state index contributed by atoms with van der Waals surface area (Å²) in [5, 5.41) is 9.28. The third-order valence-corrected chi connectivity index (χ3v) is 6.20. The molecule has 0 spiro atoms. The van der Waals surface area contributed by atoms with E-state index in [1.807, 2.05) is 0 Å². The number of hydrogen-bond acceptors (Lipinski definition) is 3. The minimum Gasteiger partial charge on any atom is -0.481 e. The minimum atomic E-state index is -0.902. The lowest BCUT2D eigenvalue weighted by molar-refractivity contribution is -0.151. The first-order valence-electron chi connectivity index (χ1n) is 13.8. The van der Waals surface area contributed by atoms with Crippen molar-refractivity contribution in [1.29, 1.82) is 0 Å². The second-order valence-corrected chi connectivity index (χ2v) is 9.32. The average Bonchev–Trinajstić information content (AvgIpc) is 2.80. The molecule has 0 fully saturated rings. The van der Waals surface area contributed by atoms with Gasteiger partial charge in [0.2, 0.25) is 0 Å². The Labute approximate surface area is 204 Å². The summed E-state index contributed by atoms with van der Waals surface area (Å²) >= 11 is 0. The molecule has 0 aliphatic rings. The van der Waals surface area contributed by atoms with Gasteiger partial charge < -0.3 is 9.84 Å². The normalized spacial score (nSPS) is 12.2. The van der Waals surface area contributed by atoms with Gasteiger partial charge in [0, 0.05) is 0 Å². The van der Waals surface area contributed by atoms with Gasteiger partial charge in [-0.2, -0.15) is 0 Å². The molecule has 0 aromatic heterocycles. The molecular formula is C29H52O4. The van der Waals surface area contributed by atoms with Crippen LogP contribution in [0.4, 0.5) is 0 Å². The van der Waals surface area contributed by atoms with E-state index in [-0.39, 0.29) is 13.0 Å². The van der Waals surface area contributed by atoms with Crippen LogP contribution in [0.15, 0.2) is 24.8 Å². The van der Waals surface area contributed by atoms with E-state index in [1.54, 1.807) is 0 Å². The topological polar surface area (TPSA) is 63.6 Å². The molecule has 0 saturated heterocycles. The van der Waals surface area contributed by atoms with Crippen molar-refractivity contribution >= 4 is 11.9 Å². The molecular weight excluding hydrogens is 412 g/mol. The first-order chi connectivity index (χ1) is 16.1. The number of aliphatic carboxylic acids is 1. The van der Waals surface area contributed by atoms with Gasteiger partial charge in [0.25, 0.3) is 0 Å². The molecule has 0 rings (SSSR count). The molecule has 0 aliphatic heterocycles. The quantitative estimate of drug-likeness (QED) is 0.0832. The number of unbranched alkanes of at least 4 members (excludes halogenated alkanes) is 16. The number of esters is 1. The molecule has 0 aliphatic carbocycles. The van der Waals surface area contributed by atoms with Gasteiger partial charge in [-0.25, -0.2) is 0 Å². The zero-order valence-electron chi connectivity index (χ0n) is 21.5. The van der Waals surface area contributed by atoms with Crippen LogP contribution in [0.3, 0.4) is 0 Å². The van der Waals surface area contributed by atoms with Gasteiger partial charge in [0.1, 0.15) is 6.61 Å². The van der Waals surface area contributed by atoms with Crippen LogP contribution in [-0.4, -0.2) is 23.7 Å². The van der Waals surface area contributed by atoms with Crippen LogP contribution >= 0.6 is 0 Å². The highest BCUT2D eigenvalue weighted by molar-refractivity contribution is 5.78. The Bertz CT molecular complexity index is 498. The molecule has 0 heterocycles. The first kappa shape index (κ1) is 31.4. The molecule has 0 saturated carbocycles. The number of hydrogen-bond donors (Lipinski definition) is 1. The molecule has 192 valence electrons. The van der Waals surface area contributed by atoms with E-state index < -0.39 is 17.9 Å². The van der Waals surface area contributed by atoms with Crippen molar-refractivity contribution in [2.45, 2.75) is 135 Å². The van der Waals surface area contributed by atoms with Crippen molar-refractivity contribution < 1.29 is 19.4 Å². The van der Waals surface area contributed by atoms with Gasteiger partial charge in [-0.15, -0.1) is 0 Å². The fourth-order valence-corrected chi connectivity index (χ4v) is 4.14. The maximum Gasteiger partial charge on any atom is 0.307 e. The fourth-order valence-electron chi connectivity index (χ4n) is 4.14. The molecule has 4 nitrogen and oxygen atoms in total. The van der Waals surface area contributed by atoms with Crippen LogP contribution in [0.1, 0.15) is 135 Å². The van der Waals surface area contributed by atoms with E-state index >= 15 is 0 Å². The number of carboxylic acid groups (broad SMARTS) is 1. The van der Waals surface area contributed by atoms with E-state index in [9.17, 15) is 14.7 Å². The predicted octanol–water partition coefficient (Wildman–Crippen LogP) is 8.79. The Balaban J connectivity index is 3.37. The lowest BCUT2D eigenvalue weighted by Crippen LogP contribution is -2.19. The molecule has 1 N–H and O–H groups in total. The molecule has 0 radical (unpaired) electrons. The van der Waals surface area contributed by atoms with Crippen molar-refractivity contribution in [2.75, 3.05) is 6.61 Å². The Morgan fingerprint density at radius 3 is 1.64 bits per heavy atom. The maximum absolute atomic E-state index is 11.6. The van der Waals surface area contributed by atoms with Crippen molar-refractivity contribution in [1.82, 2.24) is 0 Å². The molecule has 1 atom stereocenters. The van der Waals surface area contributed by atoms with Crippen molar-refractivity contribution in [3.8, 4) is 0 Å². The molecule has 33 heavy (non-hydrogen) atoms.